The molecule has 2 aromatic carbocycles. The van der Waals surface area contributed by atoms with Crippen molar-refractivity contribution in [1.82, 2.24) is 10.2 Å². The van der Waals surface area contributed by atoms with Gasteiger partial charge in [0.2, 0.25) is 11.8 Å². The lowest BCUT2D eigenvalue weighted by Gasteiger charge is -2.29. The summed E-state index contributed by atoms with van der Waals surface area (Å²) in [5.41, 5.74) is 2.00. The van der Waals surface area contributed by atoms with Gasteiger partial charge in [0, 0.05) is 23.0 Å². The van der Waals surface area contributed by atoms with Crippen molar-refractivity contribution < 1.29 is 9.59 Å². The average Bonchev–Trinajstić information content (AvgIpc) is 2.70. The molecule has 150 valence electrons. The second-order valence-electron chi connectivity index (χ2n) is 6.68. The van der Waals surface area contributed by atoms with E-state index in [9.17, 15) is 9.59 Å². The standard InChI is InChI=1S/C22H27ClN2O2S/c1-4-13-24-22(27)17(3)25(14-18-7-5-6-8-20(18)23)21(26)15-28-19-11-9-16(2)10-12-19/h5-12,17H,4,13-15H2,1-3H3,(H,24,27). The van der Waals surface area contributed by atoms with Crippen LogP contribution in [0.5, 0.6) is 0 Å². The molecule has 0 fully saturated rings. The van der Waals surface area contributed by atoms with Crippen molar-refractivity contribution in [1.29, 1.82) is 0 Å². The van der Waals surface area contributed by atoms with Gasteiger partial charge in [-0.05, 0) is 44.0 Å². The van der Waals surface area contributed by atoms with Crippen LogP contribution in [0.2, 0.25) is 5.02 Å². The van der Waals surface area contributed by atoms with Gasteiger partial charge in [-0.3, -0.25) is 9.59 Å². The lowest BCUT2D eigenvalue weighted by Crippen LogP contribution is -2.48. The maximum atomic E-state index is 13.0. The summed E-state index contributed by atoms with van der Waals surface area (Å²) in [6.07, 6.45) is 0.847. The molecule has 0 radical (unpaired) electrons. The number of nitrogens with zero attached hydrogens (tertiary/aromatic N) is 1. The van der Waals surface area contributed by atoms with E-state index in [-0.39, 0.29) is 17.6 Å². The molecule has 0 aliphatic carbocycles. The molecular formula is C22H27ClN2O2S. The van der Waals surface area contributed by atoms with Crippen LogP contribution in [0.4, 0.5) is 0 Å². The van der Waals surface area contributed by atoms with Gasteiger partial charge in [0.05, 0.1) is 5.75 Å². The highest BCUT2D eigenvalue weighted by Crippen LogP contribution is 2.22. The molecule has 1 unspecified atom stereocenters. The van der Waals surface area contributed by atoms with Crippen LogP contribution in [-0.2, 0) is 16.1 Å². The van der Waals surface area contributed by atoms with E-state index in [1.54, 1.807) is 17.9 Å². The third-order valence-electron chi connectivity index (χ3n) is 4.40. The second kappa shape index (κ2) is 11.1. The first-order chi connectivity index (χ1) is 13.4. The summed E-state index contributed by atoms with van der Waals surface area (Å²) < 4.78 is 0. The lowest BCUT2D eigenvalue weighted by molar-refractivity contribution is -0.138. The van der Waals surface area contributed by atoms with E-state index in [4.69, 9.17) is 11.6 Å². The first kappa shape index (κ1) is 22.3. The van der Waals surface area contributed by atoms with Crippen LogP contribution in [0.15, 0.2) is 53.4 Å². The first-order valence-electron chi connectivity index (χ1n) is 9.42. The van der Waals surface area contributed by atoms with Gasteiger partial charge in [-0.15, -0.1) is 11.8 Å². The largest absolute Gasteiger partial charge is 0.354 e. The summed E-state index contributed by atoms with van der Waals surface area (Å²) in [5.74, 6) is 0.0195. The van der Waals surface area contributed by atoms with E-state index in [1.165, 1.54) is 17.3 Å². The lowest BCUT2D eigenvalue weighted by atomic mass is 10.1. The zero-order valence-electron chi connectivity index (χ0n) is 16.6. The Morgan fingerprint density at radius 1 is 1.14 bits per heavy atom. The summed E-state index contributed by atoms with van der Waals surface area (Å²) in [6.45, 7) is 6.68. The molecule has 1 atom stereocenters. The highest BCUT2D eigenvalue weighted by molar-refractivity contribution is 8.00. The fourth-order valence-corrected chi connectivity index (χ4v) is 3.63. The third-order valence-corrected chi connectivity index (χ3v) is 5.76. The zero-order valence-corrected chi connectivity index (χ0v) is 18.1. The van der Waals surface area contributed by atoms with E-state index in [2.05, 4.69) is 5.32 Å². The molecule has 0 heterocycles. The summed E-state index contributed by atoms with van der Waals surface area (Å²) in [6, 6.07) is 14.9. The molecule has 4 nitrogen and oxygen atoms in total. The maximum Gasteiger partial charge on any atom is 0.242 e. The van der Waals surface area contributed by atoms with E-state index >= 15 is 0 Å². The Morgan fingerprint density at radius 3 is 2.46 bits per heavy atom. The molecule has 0 aliphatic heterocycles. The van der Waals surface area contributed by atoms with E-state index < -0.39 is 6.04 Å². The zero-order chi connectivity index (χ0) is 20.5. The molecule has 28 heavy (non-hydrogen) atoms. The van der Waals surface area contributed by atoms with Crippen LogP contribution in [0, 0.1) is 6.92 Å². The highest BCUT2D eigenvalue weighted by Gasteiger charge is 2.26. The summed E-state index contributed by atoms with van der Waals surface area (Å²) in [7, 11) is 0. The molecular weight excluding hydrogens is 392 g/mol. The van der Waals surface area contributed by atoms with Crippen LogP contribution < -0.4 is 5.32 Å². The number of amides is 2. The van der Waals surface area contributed by atoms with Crippen LogP contribution >= 0.6 is 23.4 Å². The van der Waals surface area contributed by atoms with Gasteiger partial charge in [0.1, 0.15) is 6.04 Å². The number of rotatable bonds is 9. The van der Waals surface area contributed by atoms with Crippen molar-refractivity contribution in [2.75, 3.05) is 12.3 Å². The predicted molar refractivity (Wildman–Crippen MR) is 117 cm³/mol. The van der Waals surface area contributed by atoms with Gasteiger partial charge in [0.15, 0.2) is 0 Å². The number of hydrogen-bond donors (Lipinski definition) is 1. The number of nitrogens with one attached hydrogen (secondary N) is 1. The average molecular weight is 419 g/mol. The Hall–Kier alpha value is -1.98. The van der Waals surface area contributed by atoms with Gasteiger partial charge in [-0.2, -0.15) is 0 Å². The number of thioether (sulfide) groups is 1. The van der Waals surface area contributed by atoms with Gasteiger partial charge in [0.25, 0.3) is 0 Å². The normalized spacial score (nSPS) is 11.7. The molecule has 6 heteroatoms. The minimum atomic E-state index is -0.575. The van der Waals surface area contributed by atoms with E-state index in [1.807, 2.05) is 56.3 Å². The Bertz CT molecular complexity index is 795. The van der Waals surface area contributed by atoms with Crippen molar-refractivity contribution in [2.24, 2.45) is 0 Å². The first-order valence-corrected chi connectivity index (χ1v) is 10.8. The van der Waals surface area contributed by atoms with Crippen LogP contribution in [0.1, 0.15) is 31.4 Å². The monoisotopic (exact) mass is 418 g/mol. The number of carbonyl (C=O) groups is 2. The van der Waals surface area contributed by atoms with Gasteiger partial charge in [-0.25, -0.2) is 0 Å². The number of aryl methyl sites for hydroxylation is 1. The molecule has 2 amide bonds. The topological polar surface area (TPSA) is 49.4 Å². The number of hydrogen-bond acceptors (Lipinski definition) is 3. The molecule has 1 N–H and O–H groups in total. The Kier molecular flexibility index (Phi) is 8.87. The van der Waals surface area contributed by atoms with Crippen LogP contribution in [0.25, 0.3) is 0 Å². The van der Waals surface area contributed by atoms with E-state index in [0.717, 1.165) is 16.9 Å². The van der Waals surface area contributed by atoms with Crippen LogP contribution in [-0.4, -0.2) is 35.1 Å². The molecule has 0 spiro atoms. The maximum absolute atomic E-state index is 13.0. The van der Waals surface area contributed by atoms with Crippen molar-refractivity contribution >= 4 is 35.2 Å². The molecule has 0 saturated heterocycles. The minimum absolute atomic E-state index is 0.0929. The van der Waals surface area contributed by atoms with Crippen molar-refractivity contribution in [2.45, 2.75) is 44.7 Å². The number of halogens is 1. The van der Waals surface area contributed by atoms with Gasteiger partial charge < -0.3 is 10.2 Å². The van der Waals surface area contributed by atoms with Crippen molar-refractivity contribution in [3.05, 3.63) is 64.7 Å². The second-order valence-corrected chi connectivity index (χ2v) is 8.14. The molecule has 0 aliphatic rings. The summed E-state index contributed by atoms with van der Waals surface area (Å²) in [5, 5.41) is 3.47. The van der Waals surface area contributed by atoms with Gasteiger partial charge >= 0.3 is 0 Å². The Balaban J connectivity index is 2.13. The fourth-order valence-electron chi connectivity index (χ4n) is 2.65. The number of benzene rings is 2. The van der Waals surface area contributed by atoms with Crippen molar-refractivity contribution in [3.8, 4) is 0 Å². The smallest absolute Gasteiger partial charge is 0.242 e. The molecule has 2 rings (SSSR count). The molecule has 2 aromatic rings. The molecule has 0 bridgehead atoms. The van der Waals surface area contributed by atoms with Crippen LogP contribution in [0.3, 0.4) is 0 Å². The number of carbonyl (C=O) groups excluding carboxylic acids is 2. The minimum Gasteiger partial charge on any atom is -0.354 e. The summed E-state index contributed by atoms with van der Waals surface area (Å²) in [4.78, 5) is 28.1. The Labute approximate surface area is 176 Å². The molecule has 0 saturated carbocycles. The highest BCUT2D eigenvalue weighted by atomic mass is 35.5. The quantitative estimate of drug-likeness (QED) is 0.601. The molecule has 0 aromatic heterocycles. The Morgan fingerprint density at radius 2 is 1.82 bits per heavy atom. The fraction of sp³-hybridized carbons (Fsp3) is 0.364. The van der Waals surface area contributed by atoms with E-state index in [0.29, 0.717) is 18.1 Å². The van der Waals surface area contributed by atoms with Gasteiger partial charge in [-0.1, -0.05) is 54.4 Å². The predicted octanol–water partition coefficient (Wildman–Crippen LogP) is 4.68. The SMILES string of the molecule is CCCNC(=O)C(C)N(Cc1ccccc1Cl)C(=O)CSc1ccc(C)cc1. The summed E-state index contributed by atoms with van der Waals surface area (Å²) >= 11 is 7.76. The van der Waals surface area contributed by atoms with Crippen molar-refractivity contribution in [3.63, 3.8) is 0 Å². The third kappa shape index (κ3) is 6.57.